The van der Waals surface area contributed by atoms with Gasteiger partial charge >= 0.3 is 0 Å². The van der Waals surface area contributed by atoms with E-state index in [4.69, 9.17) is 0 Å². The molecule has 13 saturated carbocycles. The molecule has 0 radical (unpaired) electrons. The zero-order valence-corrected chi connectivity index (χ0v) is 26.6. The Morgan fingerprint density at radius 3 is 0.381 bits per heavy atom. The first-order valence-electron chi connectivity index (χ1n) is 20.9. The van der Waals surface area contributed by atoms with E-state index in [0.29, 0.717) is 0 Å². The molecule has 0 aromatic carbocycles. The predicted molar refractivity (Wildman–Crippen MR) is 167 cm³/mol. The predicted octanol–water partition coefficient (Wildman–Crippen LogP) is 9.97. The molecular weight excluding hydrogens is 504 g/mol. The Bertz CT molecular complexity index is 864. The van der Waals surface area contributed by atoms with Crippen molar-refractivity contribution in [2.45, 2.75) is 116 Å². The van der Waals surface area contributed by atoms with Gasteiger partial charge in [-0.1, -0.05) is 38.5 Å². The fourth-order valence-electron chi connectivity index (χ4n) is 21.8. The monoisotopic (exact) mass is 564 g/mol. The summed E-state index contributed by atoms with van der Waals surface area (Å²) < 4.78 is 0. The van der Waals surface area contributed by atoms with Crippen molar-refractivity contribution in [3.63, 3.8) is 0 Å². The van der Waals surface area contributed by atoms with Crippen molar-refractivity contribution in [1.29, 1.82) is 0 Å². The second-order valence-corrected chi connectivity index (χ2v) is 20.5. The molecule has 0 saturated heterocycles. The molecule has 0 aromatic heterocycles. The van der Waals surface area contributed by atoms with Gasteiger partial charge < -0.3 is 0 Å². The van der Waals surface area contributed by atoms with E-state index in [2.05, 4.69) is 0 Å². The molecule has 0 heterocycles. The number of hydrogen-bond donors (Lipinski definition) is 0. The topological polar surface area (TPSA) is 0 Å². The Balaban J connectivity index is 1.10. The minimum atomic E-state index is 1.19. The van der Waals surface area contributed by atoms with Gasteiger partial charge in [0.1, 0.15) is 0 Å². The smallest absolute Gasteiger partial charge is 0.0312 e. The van der Waals surface area contributed by atoms with Crippen LogP contribution in [0.4, 0.5) is 0 Å². The van der Waals surface area contributed by atoms with Crippen LogP contribution < -0.4 is 0 Å². The van der Waals surface area contributed by atoms with Gasteiger partial charge in [-0.3, -0.25) is 0 Å². The molecule has 42 heavy (non-hydrogen) atoms. The van der Waals surface area contributed by atoms with Crippen molar-refractivity contribution < 1.29 is 0 Å². The zero-order valence-electron chi connectivity index (χ0n) is 26.6. The van der Waals surface area contributed by atoms with Crippen LogP contribution in [0, 0.1) is 142 Å². The van der Waals surface area contributed by atoms with Crippen LogP contribution in [-0.4, -0.2) is 0 Å². The number of fused-ring (bicyclic) bond motifs is 6. The normalized spacial score (nSPS) is 72.0. The van der Waals surface area contributed by atoms with Gasteiger partial charge in [0, 0.05) is 0 Å². The van der Waals surface area contributed by atoms with Gasteiger partial charge in [-0.15, -0.1) is 0 Å². The van der Waals surface area contributed by atoms with Crippen LogP contribution in [0.15, 0.2) is 0 Å². The average molecular weight is 565 g/mol. The highest BCUT2D eigenvalue weighted by atomic mass is 14.8. The largest absolute Gasteiger partial charge is 0.0527 e. The standard InChI is InChI=1S/C42H60/c1-7-19-21-9-2-11-23-25-13-4-15-27-29-17-6-18-30-28-16-5-14-26-24-12-3-10-22-20(8-1)31(19)37-38(32(21)23)40(34(25)27)42(36(29)30)41(35(26)28)39(37)33(22)24/h19-42H,1-18H2. The van der Waals surface area contributed by atoms with Crippen molar-refractivity contribution in [3.8, 4) is 0 Å². The van der Waals surface area contributed by atoms with Gasteiger partial charge in [-0.05, 0) is 219 Å². The van der Waals surface area contributed by atoms with E-state index in [9.17, 15) is 0 Å². The summed E-state index contributed by atoms with van der Waals surface area (Å²) in [4.78, 5) is 0. The molecule has 13 fully saturated rings. The van der Waals surface area contributed by atoms with Crippen molar-refractivity contribution >= 4 is 0 Å². The summed E-state index contributed by atoms with van der Waals surface area (Å²) in [5.74, 6) is 29.0. The van der Waals surface area contributed by atoms with Gasteiger partial charge in [-0.2, -0.15) is 0 Å². The first-order valence-corrected chi connectivity index (χ1v) is 20.9. The summed E-state index contributed by atoms with van der Waals surface area (Å²) in [7, 11) is 0. The Morgan fingerprint density at radius 1 is 0.143 bits per heavy atom. The third kappa shape index (κ3) is 2.50. The molecule has 12 unspecified atom stereocenters. The summed E-state index contributed by atoms with van der Waals surface area (Å²) in [6, 6.07) is 0. The molecule has 0 amide bonds. The van der Waals surface area contributed by atoms with E-state index in [0.717, 1.165) is 0 Å². The van der Waals surface area contributed by atoms with E-state index in [1.165, 1.54) is 142 Å². The van der Waals surface area contributed by atoms with Crippen LogP contribution >= 0.6 is 0 Å². The average Bonchev–Trinajstić information content (AvgIpc) is 3.06. The lowest BCUT2D eigenvalue weighted by Gasteiger charge is -2.82. The van der Waals surface area contributed by atoms with Gasteiger partial charge in [-0.25, -0.2) is 0 Å². The van der Waals surface area contributed by atoms with E-state index in [1.807, 2.05) is 0 Å². The molecule has 0 heteroatoms. The first-order chi connectivity index (χ1) is 20.9. The molecule has 0 aromatic rings. The SMILES string of the molecule is C1CC2C3CCCC4C5CCCC6C7CCCC8C9CCCC%10C%11CCCC%12C(C1)C2C1C(C34)C(C56)C(C78)C(C%109)C1C%12%11. The van der Waals surface area contributed by atoms with Crippen LogP contribution in [0.25, 0.3) is 0 Å². The van der Waals surface area contributed by atoms with Crippen LogP contribution in [-0.2, 0) is 0 Å². The Kier molecular flexibility index (Phi) is 4.67. The number of rotatable bonds is 0. The maximum Gasteiger partial charge on any atom is -0.0312 e. The van der Waals surface area contributed by atoms with Crippen LogP contribution in [0.1, 0.15) is 116 Å². The molecule has 0 N–H and O–H groups in total. The van der Waals surface area contributed by atoms with Crippen molar-refractivity contribution in [1.82, 2.24) is 0 Å². The Morgan fingerprint density at radius 2 is 0.262 bits per heavy atom. The van der Waals surface area contributed by atoms with Crippen LogP contribution in [0.5, 0.6) is 0 Å². The van der Waals surface area contributed by atoms with Crippen LogP contribution in [0.3, 0.4) is 0 Å². The van der Waals surface area contributed by atoms with Crippen molar-refractivity contribution in [2.75, 3.05) is 0 Å². The molecule has 0 spiro atoms. The van der Waals surface area contributed by atoms with E-state index in [1.54, 1.807) is 116 Å². The third-order valence-corrected chi connectivity index (χ3v) is 21.0. The summed E-state index contributed by atoms with van der Waals surface area (Å²) in [5.41, 5.74) is 0. The zero-order chi connectivity index (χ0) is 26.6. The second-order valence-electron chi connectivity index (χ2n) is 20.5. The van der Waals surface area contributed by atoms with E-state index >= 15 is 0 Å². The lowest BCUT2D eigenvalue weighted by Crippen LogP contribution is -2.78. The molecule has 0 nitrogen and oxygen atoms in total. The highest BCUT2D eigenvalue weighted by Gasteiger charge is 2.79. The molecule has 13 aliphatic carbocycles. The maximum atomic E-state index is 1.68. The summed E-state index contributed by atoms with van der Waals surface area (Å²) in [6.07, 6.45) is 30.0. The van der Waals surface area contributed by atoms with Gasteiger partial charge in [0.2, 0.25) is 0 Å². The third-order valence-electron chi connectivity index (χ3n) is 21.0. The van der Waals surface area contributed by atoms with Crippen molar-refractivity contribution in [3.05, 3.63) is 0 Å². The van der Waals surface area contributed by atoms with Gasteiger partial charge in [0.25, 0.3) is 0 Å². The maximum absolute atomic E-state index is 1.68. The molecule has 0 bridgehead atoms. The van der Waals surface area contributed by atoms with Crippen molar-refractivity contribution in [2.24, 2.45) is 142 Å². The van der Waals surface area contributed by atoms with E-state index < -0.39 is 0 Å². The molecule has 13 aliphatic rings. The van der Waals surface area contributed by atoms with Crippen LogP contribution in [0.2, 0.25) is 0 Å². The summed E-state index contributed by atoms with van der Waals surface area (Å²) in [6.45, 7) is 0. The quantitative estimate of drug-likeness (QED) is 0.275. The molecule has 228 valence electrons. The molecule has 0 aliphatic heterocycles. The summed E-state index contributed by atoms with van der Waals surface area (Å²) >= 11 is 0. The van der Waals surface area contributed by atoms with E-state index in [-0.39, 0.29) is 0 Å². The molecular formula is C42H60. The second kappa shape index (κ2) is 8.10. The summed E-state index contributed by atoms with van der Waals surface area (Å²) in [5, 5.41) is 0. The fraction of sp³-hybridized carbons (Fsp3) is 1.00. The lowest BCUT2D eigenvalue weighted by molar-refractivity contribution is -0.351. The number of hydrogen-bond acceptors (Lipinski definition) is 0. The highest BCUT2D eigenvalue weighted by Crippen LogP contribution is 2.84. The highest BCUT2D eigenvalue weighted by molar-refractivity contribution is 5.26. The lowest BCUT2D eigenvalue weighted by atomic mass is 9.22. The molecule has 12 atom stereocenters. The molecule has 13 rings (SSSR count). The first kappa shape index (κ1) is 24.2. The minimum absolute atomic E-state index is 1.19. The Hall–Kier alpha value is 0. The minimum Gasteiger partial charge on any atom is -0.0527 e. The van der Waals surface area contributed by atoms with Gasteiger partial charge in [0.15, 0.2) is 0 Å². The fourth-order valence-corrected chi connectivity index (χ4v) is 21.8. The Labute approximate surface area is 257 Å². The van der Waals surface area contributed by atoms with Gasteiger partial charge in [0.05, 0.1) is 0 Å².